The Morgan fingerprint density at radius 2 is 2.00 bits per heavy atom. The van der Waals surface area contributed by atoms with Gasteiger partial charge in [0.25, 0.3) is 0 Å². The lowest BCUT2D eigenvalue weighted by Gasteiger charge is -2.02. The fourth-order valence-corrected chi connectivity index (χ4v) is 2.19. The maximum Gasteiger partial charge on any atom is 0.117 e. The molecule has 0 amide bonds. The lowest BCUT2D eigenvalue weighted by atomic mass is 10.1. The van der Waals surface area contributed by atoms with Gasteiger partial charge in [0.15, 0.2) is 0 Å². The average Bonchev–Trinajstić information content (AvgIpc) is 3.04. The first-order valence-electron chi connectivity index (χ1n) is 6.21. The third-order valence-corrected chi connectivity index (χ3v) is 3.13. The van der Waals surface area contributed by atoms with E-state index in [0.29, 0.717) is 0 Å². The van der Waals surface area contributed by atoms with Crippen molar-refractivity contribution < 1.29 is 16.8 Å². The van der Waals surface area contributed by atoms with Crippen molar-refractivity contribution in [2.75, 3.05) is 6.54 Å². The number of rotatable bonds is 5. The number of furan rings is 1. The van der Waals surface area contributed by atoms with Crippen LogP contribution in [0.5, 0.6) is 0 Å². The molecule has 0 aliphatic carbocycles. The van der Waals surface area contributed by atoms with Crippen molar-refractivity contribution in [1.82, 2.24) is 10.3 Å². The molecule has 2 heterocycles. The van der Waals surface area contributed by atoms with Gasteiger partial charge >= 0.3 is 0 Å². The molecule has 2 aromatic heterocycles. The number of halogens is 1. The summed E-state index contributed by atoms with van der Waals surface area (Å²) in [5.74, 6) is 0.980. The van der Waals surface area contributed by atoms with E-state index in [1.54, 1.807) is 6.26 Å². The van der Waals surface area contributed by atoms with Gasteiger partial charge in [-0.05, 0) is 36.7 Å². The molecule has 3 nitrogen and oxygen atoms in total. The van der Waals surface area contributed by atoms with E-state index in [-0.39, 0.29) is 12.4 Å². The second-order valence-corrected chi connectivity index (χ2v) is 4.37. The van der Waals surface area contributed by atoms with Gasteiger partial charge in [0.05, 0.1) is 12.8 Å². The Labute approximate surface area is 118 Å². The molecular weight excluding hydrogens is 260 g/mol. The fraction of sp³-hybridized carbons (Fsp3) is 0.200. The van der Waals surface area contributed by atoms with Crippen LogP contribution in [0.3, 0.4) is 0 Å². The molecule has 100 valence electrons. The van der Waals surface area contributed by atoms with Crippen LogP contribution in [0.4, 0.5) is 0 Å². The quantitative estimate of drug-likeness (QED) is 0.649. The van der Waals surface area contributed by atoms with Gasteiger partial charge in [-0.1, -0.05) is 18.2 Å². The minimum absolute atomic E-state index is 0. The van der Waals surface area contributed by atoms with Crippen LogP contribution in [0, 0.1) is 0 Å². The van der Waals surface area contributed by atoms with E-state index < -0.39 is 0 Å². The molecule has 0 saturated carbocycles. The number of benzene rings is 1. The number of hydrogen-bond acceptors (Lipinski definition) is 2. The third-order valence-electron chi connectivity index (χ3n) is 3.13. The van der Waals surface area contributed by atoms with Crippen LogP contribution >= 0.6 is 0 Å². The second-order valence-electron chi connectivity index (χ2n) is 4.37. The molecule has 19 heavy (non-hydrogen) atoms. The summed E-state index contributed by atoms with van der Waals surface area (Å²) < 4.78 is 5.27. The van der Waals surface area contributed by atoms with Crippen LogP contribution in [0.1, 0.15) is 11.3 Å². The summed E-state index contributed by atoms with van der Waals surface area (Å²) in [6.45, 7) is 1.73. The Morgan fingerprint density at radius 3 is 2.84 bits per heavy atom. The molecule has 0 atom stereocenters. The average molecular weight is 276 g/mol. The van der Waals surface area contributed by atoms with Gasteiger partial charge in [0.2, 0.25) is 0 Å². The Hall–Kier alpha value is -1.71. The molecule has 0 fully saturated rings. The predicted octanol–water partition coefficient (Wildman–Crippen LogP) is 0.0972. The van der Waals surface area contributed by atoms with Crippen LogP contribution in [0.25, 0.3) is 10.9 Å². The zero-order valence-corrected chi connectivity index (χ0v) is 11.3. The molecule has 0 bridgehead atoms. The summed E-state index contributed by atoms with van der Waals surface area (Å²) in [5, 5.41) is 4.70. The van der Waals surface area contributed by atoms with Crippen molar-refractivity contribution in [2.45, 2.75) is 13.0 Å². The summed E-state index contributed by atoms with van der Waals surface area (Å²) in [5.41, 5.74) is 2.57. The highest BCUT2D eigenvalue weighted by atomic mass is 35.5. The van der Waals surface area contributed by atoms with Gasteiger partial charge in [-0.2, -0.15) is 0 Å². The van der Waals surface area contributed by atoms with E-state index >= 15 is 0 Å². The Kier molecular flexibility index (Phi) is 4.66. The largest absolute Gasteiger partial charge is 1.00 e. The highest BCUT2D eigenvalue weighted by molar-refractivity contribution is 5.83. The fourth-order valence-electron chi connectivity index (χ4n) is 2.19. The van der Waals surface area contributed by atoms with Crippen molar-refractivity contribution >= 4 is 10.9 Å². The van der Waals surface area contributed by atoms with Crippen molar-refractivity contribution in [3.05, 3.63) is 60.2 Å². The monoisotopic (exact) mass is 275 g/mol. The maximum absolute atomic E-state index is 5.27. The molecule has 3 rings (SSSR count). The van der Waals surface area contributed by atoms with E-state index in [4.69, 9.17) is 4.42 Å². The van der Waals surface area contributed by atoms with Crippen molar-refractivity contribution in [1.29, 1.82) is 0 Å². The minimum Gasteiger partial charge on any atom is -1.00 e. The first-order valence-corrected chi connectivity index (χ1v) is 6.21. The van der Waals surface area contributed by atoms with Crippen LogP contribution in [-0.2, 0) is 13.0 Å². The number of aromatic nitrogens is 1. The third kappa shape index (κ3) is 3.19. The van der Waals surface area contributed by atoms with Gasteiger partial charge in [0, 0.05) is 17.1 Å². The van der Waals surface area contributed by atoms with Gasteiger partial charge in [0.1, 0.15) is 5.76 Å². The van der Waals surface area contributed by atoms with E-state index in [1.807, 2.05) is 12.1 Å². The maximum atomic E-state index is 5.27. The molecule has 0 unspecified atom stereocenters. The molecule has 4 heteroatoms. The number of nitrogens with one attached hydrogen (secondary N) is 2. The second kappa shape index (κ2) is 6.45. The lowest BCUT2D eigenvalue weighted by Crippen LogP contribution is -3.00. The molecule has 0 saturated heterocycles. The van der Waals surface area contributed by atoms with Gasteiger partial charge in [-0.15, -0.1) is 0 Å². The van der Waals surface area contributed by atoms with E-state index in [1.165, 1.54) is 16.5 Å². The number of H-pyrrole nitrogens is 1. The number of aromatic amines is 1. The highest BCUT2D eigenvalue weighted by Crippen LogP contribution is 2.17. The topological polar surface area (TPSA) is 41.0 Å². The van der Waals surface area contributed by atoms with Gasteiger partial charge in [-0.3, -0.25) is 0 Å². The van der Waals surface area contributed by atoms with Crippen LogP contribution in [0.2, 0.25) is 0 Å². The summed E-state index contributed by atoms with van der Waals surface area (Å²) in [6, 6.07) is 12.3. The zero-order chi connectivity index (χ0) is 12.2. The minimum atomic E-state index is 0. The van der Waals surface area contributed by atoms with Crippen LogP contribution in [0.15, 0.2) is 53.3 Å². The number of fused-ring (bicyclic) bond motifs is 1. The molecule has 0 spiro atoms. The van der Waals surface area contributed by atoms with Crippen molar-refractivity contribution in [3.8, 4) is 0 Å². The summed E-state index contributed by atoms with van der Waals surface area (Å²) in [6.07, 6.45) is 4.82. The van der Waals surface area contributed by atoms with E-state index in [2.05, 4.69) is 40.8 Å². The van der Waals surface area contributed by atoms with E-state index in [0.717, 1.165) is 25.3 Å². The number of para-hydroxylation sites is 1. The van der Waals surface area contributed by atoms with Crippen molar-refractivity contribution in [3.63, 3.8) is 0 Å². The van der Waals surface area contributed by atoms with Gasteiger partial charge < -0.3 is 27.1 Å². The summed E-state index contributed by atoms with van der Waals surface area (Å²) in [4.78, 5) is 3.30. The van der Waals surface area contributed by atoms with Crippen molar-refractivity contribution in [2.24, 2.45) is 0 Å². The first kappa shape index (κ1) is 13.7. The molecule has 0 aliphatic rings. The van der Waals surface area contributed by atoms with E-state index in [9.17, 15) is 0 Å². The number of hydrogen-bond donors (Lipinski definition) is 2. The highest BCUT2D eigenvalue weighted by Gasteiger charge is 2.02. The molecule has 1 aromatic carbocycles. The Balaban J connectivity index is 0.00000133. The van der Waals surface area contributed by atoms with Gasteiger partial charge in [-0.25, -0.2) is 0 Å². The molecule has 0 radical (unpaired) electrons. The molecule has 2 N–H and O–H groups in total. The molecule has 0 aliphatic heterocycles. The standard InChI is InChI=1S/C15H16N2O.ClH/c1-2-6-15-14(5-1)12(10-17-15)7-8-16-11-13-4-3-9-18-13;/h1-6,9-10,16-17H,7-8,11H2;1H/p-1. The normalized spacial score (nSPS) is 10.5. The molecule has 3 aromatic rings. The SMILES string of the molecule is [Cl-].c1coc(CNCCc2c[nH]c3ccccc23)c1. The predicted molar refractivity (Wildman–Crippen MR) is 72.4 cm³/mol. The molecular formula is C15H16ClN2O-. The summed E-state index contributed by atoms with van der Waals surface area (Å²) in [7, 11) is 0. The van der Waals surface area contributed by atoms with Crippen LogP contribution in [-0.4, -0.2) is 11.5 Å². The smallest absolute Gasteiger partial charge is 0.117 e. The van der Waals surface area contributed by atoms with Crippen LogP contribution < -0.4 is 17.7 Å². The Morgan fingerprint density at radius 1 is 1.11 bits per heavy atom. The summed E-state index contributed by atoms with van der Waals surface area (Å²) >= 11 is 0. The zero-order valence-electron chi connectivity index (χ0n) is 10.5. The first-order chi connectivity index (χ1) is 8.93. The Bertz CT molecular complexity index is 616. The lowest BCUT2D eigenvalue weighted by molar-refractivity contribution is -0.00000416.